The Morgan fingerprint density at radius 3 is 1.63 bits per heavy atom. The van der Waals surface area contributed by atoms with Crippen molar-refractivity contribution in [1.29, 1.82) is 0 Å². The van der Waals surface area contributed by atoms with Crippen LogP contribution in [-0.2, 0) is 55.3 Å². The molecule has 4 fully saturated rings. The Hall–Kier alpha value is -2.17. The molecule has 0 amide bonds. The molecule has 4 saturated heterocycles. The van der Waals surface area contributed by atoms with Crippen molar-refractivity contribution >= 4 is 45.2 Å². The Kier molecular flexibility index (Phi) is 32.5. The highest BCUT2D eigenvalue weighted by molar-refractivity contribution is 14.1. The first-order chi connectivity index (χ1) is 39.2. The average Bonchev–Trinajstić information content (AvgIpc) is 2.89. The molecule has 84 heavy (non-hydrogen) atoms. The number of rotatable bonds is 34. The summed E-state index contributed by atoms with van der Waals surface area (Å²) in [5.74, 6) is 2.48. The molecule has 0 bridgehead atoms. The maximum atomic E-state index is 11.8. The van der Waals surface area contributed by atoms with E-state index in [2.05, 4.69) is 146 Å². The van der Waals surface area contributed by atoms with Crippen molar-refractivity contribution in [2.75, 3.05) is 18.6 Å². The van der Waals surface area contributed by atoms with Gasteiger partial charge in [-0.3, -0.25) is 4.79 Å². The average molecular weight is 1320 g/mol. The number of benzene rings is 2. The van der Waals surface area contributed by atoms with E-state index in [9.17, 15) is 9.90 Å². The molecule has 4 aliphatic rings. The molecular weight excluding hydrogens is 1200 g/mol. The maximum absolute atomic E-state index is 11.8. The highest BCUT2D eigenvalue weighted by Crippen LogP contribution is 2.45. The summed E-state index contributed by atoms with van der Waals surface area (Å²) in [4.78, 5) is 11.5. The summed E-state index contributed by atoms with van der Waals surface area (Å²) in [7, 11) is -0.289. The zero-order chi connectivity index (χ0) is 61.9. The number of carbonyl (C=O) groups is 1. The summed E-state index contributed by atoms with van der Waals surface area (Å²) < 4.78 is 61.4. The van der Waals surface area contributed by atoms with Crippen LogP contribution in [0.2, 0.25) is 36.3 Å². The fraction of sp³-hybridized carbons (Fsp3) is 0.754. The van der Waals surface area contributed by atoms with Crippen LogP contribution in [-0.4, -0.2) is 113 Å². The Balaban J connectivity index is 0.000000364. The van der Waals surface area contributed by atoms with Gasteiger partial charge in [-0.05, 0) is 121 Å². The molecule has 17 atom stereocenters. The van der Waals surface area contributed by atoms with Gasteiger partial charge < -0.3 is 51.9 Å². The first kappa shape index (κ1) is 76.1. The van der Waals surface area contributed by atoms with Gasteiger partial charge >= 0.3 is 5.97 Å². The van der Waals surface area contributed by atoms with Gasteiger partial charge in [0.1, 0.15) is 17.6 Å². The molecule has 0 saturated carbocycles. The van der Waals surface area contributed by atoms with E-state index >= 15 is 0 Å². The molecule has 0 radical (unpaired) electrons. The lowest BCUT2D eigenvalue weighted by Crippen LogP contribution is -2.47. The molecule has 4 aliphatic heterocycles. The third kappa shape index (κ3) is 23.7. The van der Waals surface area contributed by atoms with Crippen LogP contribution < -0.4 is 9.47 Å². The van der Waals surface area contributed by atoms with Gasteiger partial charge in [-0.25, -0.2) is 0 Å². The zero-order valence-corrected chi connectivity index (χ0v) is 59.0. The third-order valence-corrected chi connectivity index (χ3v) is 29.4. The zero-order valence-electron chi connectivity index (χ0n) is 54.8. The second-order valence-electron chi connectivity index (χ2n) is 26.5. The van der Waals surface area contributed by atoms with Crippen molar-refractivity contribution in [1.82, 2.24) is 0 Å². The summed E-state index contributed by atoms with van der Waals surface area (Å²) in [6.07, 6.45) is 12.7. The minimum Gasteiger partial charge on any atom is -0.497 e. The summed E-state index contributed by atoms with van der Waals surface area (Å²) in [6, 6.07) is 19.1. The number of hydrogen-bond donors (Lipinski definition) is 1. The number of methoxy groups -OCH3 is 2. The second-order valence-corrected chi connectivity index (χ2v) is 36.9. The molecule has 482 valence electrons. The molecule has 1 N–H and O–H groups in total. The Bertz CT molecular complexity index is 2180. The van der Waals surface area contributed by atoms with E-state index < -0.39 is 22.4 Å². The lowest BCUT2D eigenvalue weighted by Gasteiger charge is -2.39. The molecule has 4 heterocycles. The predicted octanol–water partition coefficient (Wildman–Crippen LogP) is 17.3. The predicted molar refractivity (Wildman–Crippen MR) is 358 cm³/mol. The number of cyclic esters (lactones) is 1. The first-order valence-corrected chi connectivity index (χ1v) is 38.7. The number of hydrogen-bond acceptors (Lipinski definition) is 12. The van der Waals surface area contributed by atoms with E-state index in [0.29, 0.717) is 74.5 Å². The van der Waals surface area contributed by atoms with Crippen LogP contribution in [0.5, 0.6) is 11.5 Å². The number of epoxide rings is 2. The molecule has 2 unspecified atom stereocenters. The van der Waals surface area contributed by atoms with Crippen molar-refractivity contribution < 1.29 is 56.6 Å². The van der Waals surface area contributed by atoms with Gasteiger partial charge in [0.2, 0.25) is 0 Å². The minimum atomic E-state index is -1.89. The number of carbonyl (C=O) groups excluding carboxylic acids is 1. The van der Waals surface area contributed by atoms with E-state index in [1.165, 1.54) is 6.42 Å². The maximum Gasteiger partial charge on any atom is 0.306 e. The lowest BCUT2D eigenvalue weighted by atomic mass is 9.89. The number of halogens is 1. The lowest BCUT2D eigenvalue weighted by molar-refractivity contribution is -0.219. The summed E-state index contributed by atoms with van der Waals surface area (Å²) in [5.41, 5.74) is 2.22. The third-order valence-electron chi connectivity index (χ3n) is 18.8. The van der Waals surface area contributed by atoms with Crippen LogP contribution in [0.4, 0.5) is 0 Å². The van der Waals surface area contributed by atoms with Crippen LogP contribution >= 0.6 is 22.6 Å². The monoisotopic (exact) mass is 1320 g/mol. The molecule has 15 heteroatoms. The molecule has 0 aliphatic carbocycles. The normalized spacial score (nSPS) is 26.7. The van der Waals surface area contributed by atoms with Gasteiger partial charge in [-0.2, -0.15) is 0 Å². The molecule has 2 aromatic rings. The van der Waals surface area contributed by atoms with Crippen molar-refractivity contribution in [3.63, 3.8) is 0 Å². The summed E-state index contributed by atoms with van der Waals surface area (Å²) in [5, 5.41) is 12.0. The van der Waals surface area contributed by atoms with Gasteiger partial charge in [-0.15, -0.1) is 13.2 Å². The highest BCUT2D eigenvalue weighted by Gasteiger charge is 2.52. The molecule has 0 aromatic heterocycles. The second kappa shape index (κ2) is 35.9. The van der Waals surface area contributed by atoms with Gasteiger partial charge in [0.25, 0.3) is 0 Å². The van der Waals surface area contributed by atoms with Crippen molar-refractivity contribution in [2.24, 2.45) is 35.5 Å². The van der Waals surface area contributed by atoms with Gasteiger partial charge in [0.05, 0.1) is 82.7 Å². The van der Waals surface area contributed by atoms with E-state index in [0.717, 1.165) is 77.3 Å². The largest absolute Gasteiger partial charge is 0.497 e. The van der Waals surface area contributed by atoms with Crippen molar-refractivity contribution in [3.05, 3.63) is 85.0 Å². The number of ether oxygens (including phenoxy) is 8. The number of esters is 1. The van der Waals surface area contributed by atoms with E-state index in [1.807, 2.05) is 60.7 Å². The van der Waals surface area contributed by atoms with Gasteiger partial charge in [0.15, 0.2) is 22.4 Å². The van der Waals surface area contributed by atoms with E-state index in [4.69, 9.17) is 46.7 Å². The Morgan fingerprint density at radius 2 is 1.20 bits per heavy atom. The summed E-state index contributed by atoms with van der Waals surface area (Å²) in [6.45, 7) is 44.8. The number of aliphatic hydroxyl groups is 1. The fourth-order valence-corrected chi connectivity index (χ4v) is 16.5. The highest BCUT2D eigenvalue weighted by atomic mass is 127. The topological polar surface area (TPSA) is 136 Å². The molecular formula is C69H119IO12Si2. The molecule has 0 spiro atoms. The fourth-order valence-electron chi connectivity index (χ4n) is 11.6. The minimum absolute atomic E-state index is 0. The smallest absolute Gasteiger partial charge is 0.306 e. The Labute approximate surface area is 527 Å². The quantitative estimate of drug-likeness (QED) is 0.0178. The van der Waals surface area contributed by atoms with Gasteiger partial charge in [-0.1, -0.05) is 170 Å². The van der Waals surface area contributed by atoms with Crippen LogP contribution in [0.1, 0.15) is 173 Å². The van der Waals surface area contributed by atoms with E-state index in [-0.39, 0.29) is 73.0 Å². The standard InChI is InChI=1S/C34H58O6Si.C20H38O4Si.C14H19IO2.CH4/c1-10-24(6)19-30-31(38-30)20-32(40-41(12-3,13-4)14-5)33-26(8)22-34(35,39-33)21-25(7)29(11-2)37-23-27-15-17-28(36-9)18-16-27;1-9-15(24-25(7,8)20(4,5)6)12-17-16(22-17)10-13(2)19-14(3)11-18(21)23-19;1-4-14(11(2)9-15)17-10-12-5-7-13(16-3)8-6-12;/h11,15-18,24-26,29-33,35H,2,10,12-14,19-23H2,1,3-9H3;13-17,19H,9-12H2,1-8H3;4-8,11,14H,1,9-10H2,2-3H3;1H4/t24-,25-,26-,29+,30-,31+,32-,33-,34?;13-,14-,15-,16+,17?,19+;11-,14+;/m000./s1. The Morgan fingerprint density at radius 1 is 0.714 bits per heavy atom. The van der Waals surface area contributed by atoms with Crippen molar-refractivity contribution in [3.8, 4) is 11.5 Å². The van der Waals surface area contributed by atoms with Crippen LogP contribution in [0, 0.1) is 35.5 Å². The SMILES string of the molecule is C.C=C[C@@H](OCc1ccc(OC)cc1)[C@@H](C)CC1(O)C[C@H](C)[C@@H]([C@H](C[C@H]2O[C@H]2C[C@@H](C)CC)O[Si](CC)(CC)CC)O1.C=C[C@@H](OCc1ccc(OC)cc1)[C@@H](C)CI.CC[C@@H](CC1O[C@@H]1C[C@H](C)[C@H]1OC(=O)C[C@@H]1C)O[Si](C)(C)C(C)(C)C. The molecule has 12 nitrogen and oxygen atoms in total. The summed E-state index contributed by atoms with van der Waals surface area (Å²) >= 11 is 2.37. The van der Waals surface area contributed by atoms with Crippen LogP contribution in [0.25, 0.3) is 0 Å². The molecule has 6 rings (SSSR count). The number of alkyl halides is 1. The first-order valence-electron chi connectivity index (χ1n) is 31.8. The van der Waals surface area contributed by atoms with Crippen LogP contribution in [0.3, 0.4) is 0 Å². The van der Waals surface area contributed by atoms with Gasteiger partial charge in [0, 0.05) is 42.1 Å². The van der Waals surface area contributed by atoms with Crippen molar-refractivity contribution in [2.45, 2.75) is 278 Å². The van der Waals surface area contributed by atoms with E-state index in [1.54, 1.807) is 14.2 Å². The molecule has 2 aromatic carbocycles. The van der Waals surface area contributed by atoms with Crippen LogP contribution in [0.15, 0.2) is 73.8 Å².